The molecule has 4 N–H and O–H groups in total. The lowest BCUT2D eigenvalue weighted by atomic mass is 10.2. The van der Waals surface area contributed by atoms with Crippen LogP contribution < -0.4 is 16.6 Å². The highest BCUT2D eigenvalue weighted by atomic mass is 32.2. The van der Waals surface area contributed by atoms with Crippen LogP contribution in [0.5, 0.6) is 0 Å². The molecule has 20 heavy (non-hydrogen) atoms. The first-order chi connectivity index (χ1) is 9.29. The van der Waals surface area contributed by atoms with Crippen molar-refractivity contribution >= 4 is 27.1 Å². The highest BCUT2D eigenvalue weighted by Crippen LogP contribution is 2.31. The monoisotopic (exact) mass is 303 g/mol. The number of hydrogen-bond donors (Lipinski definition) is 3. The molecule has 0 aliphatic carbocycles. The Hall–Kier alpha value is -1.91. The van der Waals surface area contributed by atoms with Crippen LogP contribution in [0.2, 0.25) is 0 Å². The number of hydrazine groups is 1. The Bertz CT molecular complexity index is 587. The summed E-state index contributed by atoms with van der Waals surface area (Å²) in [4.78, 5) is 10.4. The number of rotatable bonds is 7. The fourth-order valence-corrected chi connectivity index (χ4v) is 2.22. The summed E-state index contributed by atoms with van der Waals surface area (Å²) in [5.74, 6) is 5.04. The quantitative estimate of drug-likeness (QED) is 0.372. The molecule has 0 atom stereocenters. The van der Waals surface area contributed by atoms with Gasteiger partial charge in [0, 0.05) is 20.6 Å². The molecular formula is C10H17N5O4S. The molecular weight excluding hydrogens is 286 g/mol. The lowest BCUT2D eigenvalue weighted by Crippen LogP contribution is -2.28. The molecule has 10 heteroatoms. The lowest BCUT2D eigenvalue weighted by Gasteiger charge is -2.13. The van der Waals surface area contributed by atoms with E-state index in [0.29, 0.717) is 0 Å². The van der Waals surface area contributed by atoms with E-state index in [1.165, 1.54) is 26.2 Å². The molecule has 0 radical (unpaired) electrons. The van der Waals surface area contributed by atoms with Gasteiger partial charge >= 0.3 is 5.69 Å². The van der Waals surface area contributed by atoms with Crippen LogP contribution in [0.4, 0.5) is 17.1 Å². The number of nitrogens with one attached hydrogen (secondary N) is 2. The Labute approximate surface area is 116 Å². The normalized spacial score (nSPS) is 11.4. The van der Waals surface area contributed by atoms with Gasteiger partial charge in [-0.05, 0) is 12.1 Å². The summed E-state index contributed by atoms with van der Waals surface area (Å²) in [5.41, 5.74) is 2.37. The van der Waals surface area contributed by atoms with Gasteiger partial charge in [-0.3, -0.25) is 16.0 Å². The van der Waals surface area contributed by atoms with Crippen molar-refractivity contribution in [2.45, 2.75) is 0 Å². The smallest absolute Gasteiger partial charge is 0.316 e. The number of benzene rings is 1. The zero-order valence-corrected chi connectivity index (χ0v) is 12.0. The molecule has 1 rings (SSSR count). The van der Waals surface area contributed by atoms with E-state index in [0.717, 1.165) is 4.31 Å². The molecule has 0 fully saturated rings. The Morgan fingerprint density at radius 1 is 1.35 bits per heavy atom. The minimum Gasteiger partial charge on any atom is -0.378 e. The number of nitrogen functional groups attached to an aromatic ring is 1. The summed E-state index contributed by atoms with van der Waals surface area (Å²) in [6.45, 7) is 0.0510. The predicted molar refractivity (Wildman–Crippen MR) is 76.9 cm³/mol. The average Bonchev–Trinajstić information content (AvgIpc) is 2.37. The second-order valence-electron chi connectivity index (χ2n) is 4.13. The number of nitro groups is 1. The van der Waals surface area contributed by atoms with Crippen LogP contribution in [0.15, 0.2) is 18.2 Å². The molecule has 0 aromatic heterocycles. The highest BCUT2D eigenvalue weighted by Gasteiger charge is 2.20. The van der Waals surface area contributed by atoms with Gasteiger partial charge < -0.3 is 10.7 Å². The number of sulfonamides is 1. The highest BCUT2D eigenvalue weighted by molar-refractivity contribution is 7.89. The fraction of sp³-hybridized carbons (Fsp3) is 0.400. The van der Waals surface area contributed by atoms with Crippen LogP contribution >= 0.6 is 0 Å². The van der Waals surface area contributed by atoms with Crippen molar-refractivity contribution in [3.63, 3.8) is 0 Å². The van der Waals surface area contributed by atoms with Crippen molar-refractivity contribution in [3.05, 3.63) is 28.3 Å². The molecule has 0 unspecified atom stereocenters. The minimum absolute atomic E-state index is 0.0510. The number of hydrogen-bond acceptors (Lipinski definition) is 7. The topological polar surface area (TPSA) is 131 Å². The molecule has 0 saturated heterocycles. The van der Waals surface area contributed by atoms with Crippen LogP contribution in [0, 0.1) is 10.1 Å². The zero-order valence-electron chi connectivity index (χ0n) is 11.2. The van der Waals surface area contributed by atoms with E-state index in [1.54, 1.807) is 6.07 Å². The molecule has 1 aromatic rings. The summed E-state index contributed by atoms with van der Waals surface area (Å²) in [7, 11) is -0.502. The van der Waals surface area contributed by atoms with Crippen LogP contribution in [0.3, 0.4) is 0 Å². The summed E-state index contributed by atoms with van der Waals surface area (Å²) in [6.07, 6.45) is 0. The van der Waals surface area contributed by atoms with Crippen molar-refractivity contribution in [2.75, 3.05) is 37.1 Å². The van der Waals surface area contributed by atoms with Crippen LogP contribution in [-0.4, -0.2) is 44.0 Å². The van der Waals surface area contributed by atoms with E-state index >= 15 is 0 Å². The molecule has 0 aliphatic heterocycles. The van der Waals surface area contributed by atoms with Gasteiger partial charge in [0.2, 0.25) is 10.0 Å². The Morgan fingerprint density at radius 3 is 2.45 bits per heavy atom. The van der Waals surface area contributed by atoms with Gasteiger partial charge in [0.25, 0.3) is 0 Å². The van der Waals surface area contributed by atoms with Crippen LogP contribution in [0.25, 0.3) is 0 Å². The molecule has 0 bridgehead atoms. The molecule has 1 aromatic carbocycles. The number of nitro benzene ring substituents is 1. The van der Waals surface area contributed by atoms with E-state index in [-0.39, 0.29) is 29.4 Å². The molecule has 0 aliphatic rings. The third-order valence-electron chi connectivity index (χ3n) is 2.61. The molecule has 0 spiro atoms. The van der Waals surface area contributed by atoms with Gasteiger partial charge in [0.05, 0.1) is 10.7 Å². The van der Waals surface area contributed by atoms with Gasteiger partial charge in [-0.25, -0.2) is 12.7 Å². The first kappa shape index (κ1) is 16.1. The van der Waals surface area contributed by atoms with Crippen molar-refractivity contribution < 1.29 is 13.3 Å². The molecule has 9 nitrogen and oxygen atoms in total. The van der Waals surface area contributed by atoms with Crippen molar-refractivity contribution in [1.29, 1.82) is 0 Å². The van der Waals surface area contributed by atoms with E-state index in [9.17, 15) is 18.5 Å². The van der Waals surface area contributed by atoms with Crippen molar-refractivity contribution in [3.8, 4) is 0 Å². The van der Waals surface area contributed by atoms with E-state index in [4.69, 9.17) is 5.84 Å². The first-order valence-electron chi connectivity index (χ1n) is 5.67. The Kier molecular flexibility index (Phi) is 5.25. The molecule has 0 amide bonds. The molecule has 112 valence electrons. The predicted octanol–water partition coefficient (Wildman–Crippen LogP) is 0.184. The lowest BCUT2D eigenvalue weighted by molar-refractivity contribution is -0.383. The first-order valence-corrected chi connectivity index (χ1v) is 7.28. The summed E-state index contributed by atoms with van der Waals surface area (Å²) >= 11 is 0. The fourth-order valence-electron chi connectivity index (χ4n) is 1.50. The standard InChI is InChI=1S/C10H17N5O4S/c1-14(2)20(18,19)7-6-12-8-4-3-5-9(13-11)10(8)15(16)17/h3-5,12-13H,6-7,11H2,1-2H3. The van der Waals surface area contributed by atoms with Gasteiger partial charge in [0.1, 0.15) is 11.4 Å². The average molecular weight is 303 g/mol. The third kappa shape index (κ3) is 3.79. The van der Waals surface area contributed by atoms with Crippen molar-refractivity contribution in [1.82, 2.24) is 4.31 Å². The summed E-state index contributed by atoms with van der Waals surface area (Å²) in [5, 5.41) is 13.8. The maximum atomic E-state index is 11.6. The van der Waals surface area contributed by atoms with Crippen LogP contribution in [0.1, 0.15) is 0 Å². The van der Waals surface area contributed by atoms with Gasteiger partial charge in [-0.1, -0.05) is 6.07 Å². The van der Waals surface area contributed by atoms with Crippen molar-refractivity contribution in [2.24, 2.45) is 5.84 Å². The van der Waals surface area contributed by atoms with Gasteiger partial charge in [-0.2, -0.15) is 0 Å². The Balaban J connectivity index is 2.86. The van der Waals surface area contributed by atoms with E-state index in [2.05, 4.69) is 10.7 Å². The van der Waals surface area contributed by atoms with E-state index < -0.39 is 14.9 Å². The number of para-hydroxylation sites is 1. The SMILES string of the molecule is CN(C)S(=O)(=O)CCNc1cccc(NN)c1[N+](=O)[O-]. The third-order valence-corrected chi connectivity index (χ3v) is 4.44. The second kappa shape index (κ2) is 6.50. The molecule has 0 heterocycles. The summed E-state index contributed by atoms with van der Waals surface area (Å²) < 4.78 is 24.3. The van der Waals surface area contributed by atoms with E-state index in [1.807, 2.05) is 0 Å². The number of nitrogens with zero attached hydrogens (tertiary/aromatic N) is 2. The second-order valence-corrected chi connectivity index (χ2v) is 6.43. The zero-order chi connectivity index (χ0) is 15.3. The maximum Gasteiger partial charge on any atom is 0.316 e. The van der Waals surface area contributed by atoms with Crippen LogP contribution in [-0.2, 0) is 10.0 Å². The maximum absolute atomic E-state index is 11.6. The Morgan fingerprint density at radius 2 is 1.95 bits per heavy atom. The summed E-state index contributed by atoms with van der Waals surface area (Å²) in [6, 6.07) is 4.52. The van der Waals surface area contributed by atoms with Gasteiger partial charge in [0.15, 0.2) is 0 Å². The number of anilines is 2. The minimum atomic E-state index is -3.36. The largest absolute Gasteiger partial charge is 0.378 e. The van der Waals surface area contributed by atoms with Gasteiger partial charge in [-0.15, -0.1) is 0 Å². The number of nitrogens with two attached hydrogens (primary N) is 1. The molecule has 0 saturated carbocycles.